The number of carbonyl (C=O) groups is 2. The molecule has 124 valence electrons. The molecule has 0 radical (unpaired) electrons. The van der Waals surface area contributed by atoms with Crippen LogP contribution in [0.4, 0.5) is 0 Å². The molecular weight excluding hydrogens is 316 g/mol. The Kier molecular flexibility index (Phi) is 4.91. The third kappa shape index (κ3) is 3.18. The zero-order valence-electron chi connectivity index (χ0n) is 14.3. The van der Waals surface area contributed by atoms with Crippen molar-refractivity contribution >= 4 is 22.7 Å². The summed E-state index contributed by atoms with van der Waals surface area (Å²) in [6.45, 7) is 4.11. The van der Waals surface area contributed by atoms with Crippen molar-refractivity contribution in [2.75, 3.05) is 6.26 Å². The van der Waals surface area contributed by atoms with Crippen LogP contribution >= 0.6 is 11.8 Å². The fourth-order valence-corrected chi connectivity index (χ4v) is 4.37. The number of carbonyl (C=O) groups excluding carboxylic acids is 2. The molecule has 24 heavy (non-hydrogen) atoms. The number of benzene rings is 2. The molecule has 0 heterocycles. The van der Waals surface area contributed by atoms with E-state index < -0.39 is 5.92 Å². The molecule has 3 rings (SSSR count). The Balaban J connectivity index is 2.10. The van der Waals surface area contributed by atoms with E-state index in [0.717, 1.165) is 16.7 Å². The first-order valence-corrected chi connectivity index (χ1v) is 9.47. The lowest BCUT2D eigenvalue weighted by Crippen LogP contribution is -2.22. The summed E-state index contributed by atoms with van der Waals surface area (Å²) in [5, 5.41) is -0.0124. The fraction of sp³-hybridized carbons (Fsp3) is 0.333. The molecule has 2 nitrogen and oxygen atoms in total. The summed E-state index contributed by atoms with van der Waals surface area (Å²) in [6, 6.07) is 16.6. The minimum atomic E-state index is -0.535. The molecule has 0 spiro atoms. The third-order valence-corrected chi connectivity index (χ3v) is 5.57. The summed E-state index contributed by atoms with van der Waals surface area (Å²) in [7, 11) is 0. The van der Waals surface area contributed by atoms with Crippen LogP contribution in [0, 0.1) is 19.8 Å². The molecule has 0 bridgehead atoms. The minimum absolute atomic E-state index is 0.0124. The van der Waals surface area contributed by atoms with Crippen LogP contribution in [0.3, 0.4) is 0 Å². The predicted octanol–water partition coefficient (Wildman–Crippen LogP) is 4.65. The van der Waals surface area contributed by atoms with Crippen molar-refractivity contribution in [1.82, 2.24) is 0 Å². The minimum Gasteiger partial charge on any atom is -0.299 e. The second-order valence-electron chi connectivity index (χ2n) is 6.63. The topological polar surface area (TPSA) is 34.1 Å². The first kappa shape index (κ1) is 17.0. The Bertz CT molecular complexity index is 781. The number of Topliss-reactive ketones (excluding diaryl/α,β-unsaturated/α-hetero) is 1. The Labute approximate surface area is 147 Å². The highest BCUT2D eigenvalue weighted by atomic mass is 32.2. The Morgan fingerprint density at radius 3 is 2.17 bits per heavy atom. The summed E-state index contributed by atoms with van der Waals surface area (Å²) < 4.78 is 0. The Hall–Kier alpha value is -1.87. The quantitative estimate of drug-likeness (QED) is 0.764. The van der Waals surface area contributed by atoms with Gasteiger partial charge in [-0.15, -0.1) is 0 Å². The van der Waals surface area contributed by atoms with Crippen LogP contribution in [0.15, 0.2) is 48.5 Å². The standard InChI is InChI=1S/C21H22O2S/c1-13-6-4-8-15(10-13)17-12-18(22)20(21(23)24-3)19(17)16-9-5-7-14(2)11-16/h4-11,17,19-20H,12H2,1-3H3/t17-,19-,20-/m1/s1. The highest BCUT2D eigenvalue weighted by Gasteiger charge is 2.47. The highest BCUT2D eigenvalue weighted by Crippen LogP contribution is 2.49. The van der Waals surface area contributed by atoms with E-state index in [1.165, 1.54) is 17.3 Å². The smallest absolute Gasteiger partial charge is 0.199 e. The van der Waals surface area contributed by atoms with Gasteiger partial charge in [0.05, 0.1) is 5.92 Å². The molecule has 0 aromatic heterocycles. The maximum absolute atomic E-state index is 12.7. The van der Waals surface area contributed by atoms with Gasteiger partial charge in [0.25, 0.3) is 0 Å². The number of rotatable bonds is 3. The largest absolute Gasteiger partial charge is 0.299 e. The normalized spacial score (nSPS) is 23.5. The van der Waals surface area contributed by atoms with E-state index in [1.54, 1.807) is 6.26 Å². The Morgan fingerprint density at radius 1 is 1.00 bits per heavy atom. The van der Waals surface area contributed by atoms with E-state index in [2.05, 4.69) is 37.3 Å². The average molecular weight is 338 g/mol. The van der Waals surface area contributed by atoms with E-state index in [9.17, 15) is 9.59 Å². The highest BCUT2D eigenvalue weighted by molar-refractivity contribution is 8.13. The summed E-state index contributed by atoms with van der Waals surface area (Å²) in [5.41, 5.74) is 4.60. The van der Waals surface area contributed by atoms with Gasteiger partial charge in [-0.2, -0.15) is 0 Å². The first-order valence-electron chi connectivity index (χ1n) is 8.25. The molecule has 2 aromatic carbocycles. The molecule has 3 atom stereocenters. The van der Waals surface area contributed by atoms with Gasteiger partial charge in [0, 0.05) is 12.3 Å². The lowest BCUT2D eigenvalue weighted by atomic mass is 9.79. The maximum atomic E-state index is 12.7. The molecular formula is C21H22O2S. The van der Waals surface area contributed by atoms with Crippen LogP contribution < -0.4 is 0 Å². The van der Waals surface area contributed by atoms with Gasteiger partial charge in [-0.25, -0.2) is 0 Å². The SMILES string of the molecule is CSC(=O)[C@@H]1C(=O)C[C@H](c2cccc(C)c2)[C@H]1c1cccc(C)c1. The summed E-state index contributed by atoms with van der Waals surface area (Å²) >= 11 is 1.17. The summed E-state index contributed by atoms with van der Waals surface area (Å²) in [4.78, 5) is 25.2. The van der Waals surface area contributed by atoms with Crippen LogP contribution in [-0.2, 0) is 9.59 Å². The van der Waals surface area contributed by atoms with Gasteiger partial charge in [-0.1, -0.05) is 71.4 Å². The maximum Gasteiger partial charge on any atom is 0.199 e. The zero-order valence-corrected chi connectivity index (χ0v) is 15.1. The van der Waals surface area contributed by atoms with Crippen molar-refractivity contribution in [2.24, 2.45) is 5.92 Å². The van der Waals surface area contributed by atoms with Crippen LogP contribution in [0.25, 0.3) is 0 Å². The molecule has 1 fully saturated rings. The van der Waals surface area contributed by atoms with Gasteiger partial charge in [0.1, 0.15) is 5.78 Å². The van der Waals surface area contributed by atoms with Crippen molar-refractivity contribution in [2.45, 2.75) is 32.1 Å². The average Bonchev–Trinajstić information content (AvgIpc) is 2.91. The van der Waals surface area contributed by atoms with E-state index in [1.807, 2.05) is 25.1 Å². The summed E-state index contributed by atoms with van der Waals surface area (Å²) in [5.74, 6) is -0.459. The molecule has 0 unspecified atom stereocenters. The lowest BCUT2D eigenvalue weighted by molar-refractivity contribution is -0.126. The van der Waals surface area contributed by atoms with E-state index in [0.29, 0.717) is 6.42 Å². The van der Waals surface area contributed by atoms with E-state index in [-0.39, 0.29) is 22.7 Å². The summed E-state index contributed by atoms with van der Waals surface area (Å²) in [6.07, 6.45) is 2.21. The second kappa shape index (κ2) is 6.94. The van der Waals surface area contributed by atoms with Crippen molar-refractivity contribution < 1.29 is 9.59 Å². The van der Waals surface area contributed by atoms with Gasteiger partial charge in [-0.3, -0.25) is 9.59 Å². The van der Waals surface area contributed by atoms with Crippen molar-refractivity contribution in [1.29, 1.82) is 0 Å². The van der Waals surface area contributed by atoms with Crippen LogP contribution in [0.1, 0.15) is 40.5 Å². The van der Waals surface area contributed by atoms with Gasteiger partial charge >= 0.3 is 0 Å². The molecule has 3 heteroatoms. The number of ketones is 1. The number of thioether (sulfide) groups is 1. The van der Waals surface area contributed by atoms with Crippen molar-refractivity contribution in [3.63, 3.8) is 0 Å². The van der Waals surface area contributed by atoms with Crippen molar-refractivity contribution in [3.05, 3.63) is 70.8 Å². The van der Waals surface area contributed by atoms with E-state index >= 15 is 0 Å². The molecule has 1 saturated carbocycles. The molecule has 0 N–H and O–H groups in total. The molecule has 1 aliphatic rings. The predicted molar refractivity (Wildman–Crippen MR) is 99.5 cm³/mol. The fourth-order valence-electron chi connectivity index (χ4n) is 3.84. The van der Waals surface area contributed by atoms with Crippen LogP contribution in [0.5, 0.6) is 0 Å². The lowest BCUT2D eigenvalue weighted by Gasteiger charge is -2.24. The number of aryl methyl sites for hydroxylation is 2. The van der Waals surface area contributed by atoms with Gasteiger partial charge in [0.2, 0.25) is 0 Å². The van der Waals surface area contributed by atoms with Gasteiger partial charge in [-0.05, 0) is 37.1 Å². The molecule has 1 aliphatic carbocycles. The van der Waals surface area contributed by atoms with E-state index in [4.69, 9.17) is 0 Å². The molecule has 0 aliphatic heterocycles. The zero-order chi connectivity index (χ0) is 17.3. The van der Waals surface area contributed by atoms with Crippen LogP contribution in [-0.4, -0.2) is 17.2 Å². The first-order chi connectivity index (χ1) is 11.5. The second-order valence-corrected chi connectivity index (χ2v) is 7.44. The monoisotopic (exact) mass is 338 g/mol. The third-order valence-electron chi connectivity index (χ3n) is 4.91. The van der Waals surface area contributed by atoms with Crippen molar-refractivity contribution in [3.8, 4) is 0 Å². The van der Waals surface area contributed by atoms with Gasteiger partial charge < -0.3 is 0 Å². The van der Waals surface area contributed by atoms with Gasteiger partial charge in [0.15, 0.2) is 5.12 Å². The molecule has 0 saturated heterocycles. The molecule has 2 aromatic rings. The number of hydrogen-bond donors (Lipinski definition) is 0. The number of hydrogen-bond acceptors (Lipinski definition) is 3. The Morgan fingerprint density at radius 2 is 1.58 bits per heavy atom. The van der Waals surface area contributed by atoms with Crippen LogP contribution in [0.2, 0.25) is 0 Å². The molecule has 0 amide bonds.